The number of carbonyl (C=O) groups is 1. The summed E-state index contributed by atoms with van der Waals surface area (Å²) in [6, 6.07) is 15.4. The van der Waals surface area contributed by atoms with Crippen molar-refractivity contribution in [2.75, 3.05) is 30.3 Å². The van der Waals surface area contributed by atoms with E-state index in [0.29, 0.717) is 25.3 Å². The number of rotatable bonds is 12. The molecule has 0 unspecified atom stereocenters. The molecule has 2 aromatic rings. The summed E-state index contributed by atoms with van der Waals surface area (Å²) >= 11 is 0. The number of sulfonamides is 1. The highest BCUT2D eigenvalue weighted by Crippen LogP contribution is 2.19. The van der Waals surface area contributed by atoms with Crippen LogP contribution in [0, 0.1) is 0 Å². The predicted molar refractivity (Wildman–Crippen MR) is 122 cm³/mol. The molecular formula is C23H32N2O4S. The average molecular weight is 433 g/mol. The Morgan fingerprint density at radius 3 is 2.07 bits per heavy atom. The fourth-order valence-electron chi connectivity index (χ4n) is 3.04. The molecule has 1 amide bonds. The topological polar surface area (TPSA) is 75.7 Å². The van der Waals surface area contributed by atoms with Gasteiger partial charge in [-0.15, -0.1) is 0 Å². The van der Waals surface area contributed by atoms with Crippen molar-refractivity contribution in [1.29, 1.82) is 0 Å². The number of aryl methyl sites for hydroxylation is 2. The minimum absolute atomic E-state index is 0.116. The molecule has 0 spiro atoms. The summed E-state index contributed by atoms with van der Waals surface area (Å²) < 4.78 is 31.3. The summed E-state index contributed by atoms with van der Waals surface area (Å²) in [7, 11) is -3.41. The lowest BCUT2D eigenvalue weighted by molar-refractivity contribution is -0.121. The quantitative estimate of drug-likeness (QED) is 0.521. The van der Waals surface area contributed by atoms with Crippen LogP contribution in [0.5, 0.6) is 5.75 Å². The van der Waals surface area contributed by atoms with Crippen molar-refractivity contribution >= 4 is 21.6 Å². The Balaban J connectivity index is 1.74. The molecule has 2 aromatic carbocycles. The first kappa shape index (κ1) is 23.7. The molecule has 0 aliphatic heterocycles. The van der Waals surface area contributed by atoms with E-state index in [9.17, 15) is 13.2 Å². The highest BCUT2D eigenvalue weighted by atomic mass is 32.2. The second-order valence-corrected chi connectivity index (χ2v) is 9.06. The van der Waals surface area contributed by atoms with Crippen LogP contribution < -0.4 is 14.4 Å². The van der Waals surface area contributed by atoms with E-state index in [1.807, 2.05) is 48.5 Å². The standard InChI is InChI=1S/C23H32N2O4S/c1-4-19-8-12-21(13-9-19)25(30(3,27)28)17-6-7-23(26)24-16-18-29-22-14-10-20(5-2)11-15-22/h8-15H,4-7,16-18H2,1-3H3,(H,24,26). The van der Waals surface area contributed by atoms with Crippen LogP contribution in [0.25, 0.3) is 0 Å². The van der Waals surface area contributed by atoms with E-state index >= 15 is 0 Å². The third-order valence-electron chi connectivity index (χ3n) is 4.82. The first-order chi connectivity index (χ1) is 14.3. The molecule has 7 heteroatoms. The van der Waals surface area contributed by atoms with E-state index in [1.165, 1.54) is 16.1 Å². The van der Waals surface area contributed by atoms with Crippen LogP contribution in [0.4, 0.5) is 5.69 Å². The first-order valence-electron chi connectivity index (χ1n) is 10.4. The maximum absolute atomic E-state index is 12.2. The van der Waals surface area contributed by atoms with Gasteiger partial charge in [0.15, 0.2) is 0 Å². The van der Waals surface area contributed by atoms with Crippen molar-refractivity contribution in [3.63, 3.8) is 0 Å². The summed E-state index contributed by atoms with van der Waals surface area (Å²) in [5, 5.41) is 2.81. The smallest absolute Gasteiger partial charge is 0.232 e. The van der Waals surface area contributed by atoms with Crippen molar-refractivity contribution < 1.29 is 17.9 Å². The van der Waals surface area contributed by atoms with E-state index in [1.54, 1.807) is 0 Å². The molecule has 0 radical (unpaired) electrons. The van der Waals surface area contributed by atoms with Gasteiger partial charge in [0.2, 0.25) is 15.9 Å². The molecule has 0 saturated carbocycles. The van der Waals surface area contributed by atoms with Gasteiger partial charge in [-0.25, -0.2) is 8.42 Å². The van der Waals surface area contributed by atoms with Gasteiger partial charge in [0.25, 0.3) is 0 Å². The Morgan fingerprint density at radius 1 is 0.967 bits per heavy atom. The molecular weight excluding hydrogens is 400 g/mol. The summed E-state index contributed by atoms with van der Waals surface area (Å²) in [4.78, 5) is 12.1. The van der Waals surface area contributed by atoms with Gasteiger partial charge in [-0.3, -0.25) is 9.10 Å². The molecule has 0 heterocycles. The van der Waals surface area contributed by atoms with E-state index in [-0.39, 0.29) is 18.9 Å². The van der Waals surface area contributed by atoms with E-state index < -0.39 is 10.0 Å². The van der Waals surface area contributed by atoms with E-state index in [4.69, 9.17) is 4.74 Å². The van der Waals surface area contributed by atoms with Gasteiger partial charge < -0.3 is 10.1 Å². The third-order valence-corrected chi connectivity index (χ3v) is 6.02. The van der Waals surface area contributed by atoms with Crippen LogP contribution in [0.2, 0.25) is 0 Å². The summed E-state index contributed by atoms with van der Waals surface area (Å²) in [5.41, 5.74) is 3.02. The number of amides is 1. The fourth-order valence-corrected chi connectivity index (χ4v) is 4.00. The molecule has 0 aliphatic carbocycles. The zero-order valence-corrected chi connectivity index (χ0v) is 18.9. The molecule has 6 nitrogen and oxygen atoms in total. The number of anilines is 1. The summed E-state index contributed by atoms with van der Waals surface area (Å²) in [6.45, 7) is 5.20. The molecule has 0 saturated heterocycles. The van der Waals surface area contributed by atoms with Gasteiger partial charge in [-0.05, 0) is 54.7 Å². The van der Waals surface area contributed by atoms with E-state index in [2.05, 4.69) is 19.2 Å². The number of hydrogen-bond donors (Lipinski definition) is 1. The Bertz CT molecular complexity index is 894. The van der Waals surface area contributed by atoms with Gasteiger partial charge in [0, 0.05) is 13.0 Å². The van der Waals surface area contributed by atoms with Gasteiger partial charge in [-0.1, -0.05) is 38.1 Å². The number of nitrogens with one attached hydrogen (secondary N) is 1. The van der Waals surface area contributed by atoms with Crippen LogP contribution in [0.15, 0.2) is 48.5 Å². The lowest BCUT2D eigenvalue weighted by Crippen LogP contribution is -2.32. The van der Waals surface area contributed by atoms with Crippen molar-refractivity contribution in [2.45, 2.75) is 39.5 Å². The zero-order valence-electron chi connectivity index (χ0n) is 18.1. The van der Waals surface area contributed by atoms with Gasteiger partial charge >= 0.3 is 0 Å². The third kappa shape index (κ3) is 7.71. The molecule has 2 rings (SSSR count). The number of carbonyl (C=O) groups excluding carboxylic acids is 1. The van der Waals surface area contributed by atoms with Gasteiger partial charge in [0.05, 0.1) is 18.5 Å². The van der Waals surface area contributed by atoms with Crippen molar-refractivity contribution in [3.8, 4) is 5.75 Å². The van der Waals surface area contributed by atoms with Crippen LogP contribution in [0.3, 0.4) is 0 Å². The lowest BCUT2D eigenvalue weighted by atomic mass is 10.1. The largest absolute Gasteiger partial charge is 0.492 e. The van der Waals surface area contributed by atoms with Crippen molar-refractivity contribution in [1.82, 2.24) is 5.32 Å². The average Bonchev–Trinajstić information content (AvgIpc) is 2.74. The Kier molecular flexibility index (Phi) is 9.17. The molecule has 30 heavy (non-hydrogen) atoms. The Labute approximate surface area is 180 Å². The molecule has 0 fully saturated rings. The second kappa shape index (κ2) is 11.6. The van der Waals surface area contributed by atoms with Crippen LogP contribution >= 0.6 is 0 Å². The Morgan fingerprint density at radius 2 is 1.53 bits per heavy atom. The van der Waals surface area contributed by atoms with Crippen LogP contribution in [-0.2, 0) is 27.7 Å². The molecule has 0 aromatic heterocycles. The highest BCUT2D eigenvalue weighted by Gasteiger charge is 2.17. The number of ether oxygens (including phenoxy) is 1. The van der Waals surface area contributed by atoms with E-state index in [0.717, 1.165) is 24.2 Å². The molecule has 0 bridgehead atoms. The lowest BCUT2D eigenvalue weighted by Gasteiger charge is -2.22. The summed E-state index contributed by atoms with van der Waals surface area (Å²) in [5.74, 6) is 0.661. The fraction of sp³-hybridized carbons (Fsp3) is 0.435. The highest BCUT2D eigenvalue weighted by molar-refractivity contribution is 7.92. The molecule has 0 aliphatic rings. The first-order valence-corrected chi connectivity index (χ1v) is 12.2. The number of benzene rings is 2. The monoisotopic (exact) mass is 432 g/mol. The van der Waals surface area contributed by atoms with Gasteiger partial charge in [0.1, 0.15) is 12.4 Å². The molecule has 1 N–H and O–H groups in total. The summed E-state index contributed by atoms with van der Waals surface area (Å²) in [6.07, 6.45) is 3.76. The predicted octanol–water partition coefficient (Wildman–Crippen LogP) is 3.55. The maximum Gasteiger partial charge on any atom is 0.232 e. The Hall–Kier alpha value is -2.54. The second-order valence-electron chi connectivity index (χ2n) is 7.15. The number of hydrogen-bond acceptors (Lipinski definition) is 4. The SMILES string of the molecule is CCc1ccc(OCCNC(=O)CCCN(c2ccc(CC)cc2)S(C)(=O)=O)cc1. The number of nitrogens with zero attached hydrogens (tertiary/aromatic N) is 1. The zero-order chi connectivity index (χ0) is 22.0. The molecule has 0 atom stereocenters. The normalized spacial score (nSPS) is 11.2. The van der Waals surface area contributed by atoms with Gasteiger partial charge in [-0.2, -0.15) is 0 Å². The molecule has 164 valence electrons. The maximum atomic E-state index is 12.2. The van der Waals surface area contributed by atoms with Crippen molar-refractivity contribution in [3.05, 3.63) is 59.7 Å². The van der Waals surface area contributed by atoms with Crippen molar-refractivity contribution in [2.24, 2.45) is 0 Å². The van der Waals surface area contributed by atoms with Crippen LogP contribution in [0.1, 0.15) is 37.8 Å². The minimum atomic E-state index is -3.41. The minimum Gasteiger partial charge on any atom is -0.492 e. The van der Waals surface area contributed by atoms with Crippen LogP contribution in [-0.4, -0.2) is 40.3 Å².